The van der Waals surface area contributed by atoms with E-state index in [2.05, 4.69) is 26.0 Å². The van der Waals surface area contributed by atoms with Crippen molar-refractivity contribution >= 4 is 28.8 Å². The van der Waals surface area contributed by atoms with Crippen molar-refractivity contribution in [1.29, 1.82) is 0 Å². The van der Waals surface area contributed by atoms with Crippen LogP contribution in [-0.2, 0) is 0 Å². The van der Waals surface area contributed by atoms with Gasteiger partial charge in [-0.15, -0.1) is 0 Å². The Morgan fingerprint density at radius 1 is 0.963 bits per heavy atom. The number of nitrogens with one attached hydrogen (secondary N) is 3. The van der Waals surface area contributed by atoms with E-state index in [4.69, 9.17) is 15.3 Å². The minimum absolute atomic E-state index is 0.437. The van der Waals surface area contributed by atoms with Crippen LogP contribution in [-0.4, -0.2) is 23.2 Å². The zero-order valence-electron chi connectivity index (χ0n) is 14.8. The van der Waals surface area contributed by atoms with Gasteiger partial charge in [-0.3, -0.25) is 5.84 Å². The van der Waals surface area contributed by atoms with Gasteiger partial charge >= 0.3 is 0 Å². The molecule has 0 amide bonds. The maximum absolute atomic E-state index is 5.65. The van der Waals surface area contributed by atoms with Crippen LogP contribution in [0, 0.1) is 6.92 Å². The average Bonchev–Trinajstić information content (AvgIpc) is 2.70. The SMILES string of the molecule is Cc1cc2c(cc1Nc1ncc(NN)c(Nc3ccccc3)n1)OCCO2. The first-order valence-electron chi connectivity index (χ1n) is 8.56. The van der Waals surface area contributed by atoms with Crippen molar-refractivity contribution in [2.24, 2.45) is 5.84 Å². The molecule has 0 fully saturated rings. The summed E-state index contributed by atoms with van der Waals surface area (Å²) >= 11 is 0. The van der Waals surface area contributed by atoms with E-state index in [-0.39, 0.29) is 0 Å². The highest BCUT2D eigenvalue weighted by molar-refractivity contribution is 5.72. The summed E-state index contributed by atoms with van der Waals surface area (Å²) in [5, 5.41) is 6.47. The number of ether oxygens (including phenoxy) is 2. The molecule has 1 aliphatic rings. The first-order chi connectivity index (χ1) is 13.2. The van der Waals surface area contributed by atoms with E-state index in [0.717, 1.165) is 22.7 Å². The number of benzene rings is 2. The van der Waals surface area contributed by atoms with E-state index < -0.39 is 0 Å². The molecule has 0 spiro atoms. The number of fused-ring (bicyclic) bond motifs is 1. The second-order valence-electron chi connectivity index (χ2n) is 6.03. The van der Waals surface area contributed by atoms with E-state index >= 15 is 0 Å². The molecule has 4 rings (SSSR count). The van der Waals surface area contributed by atoms with Gasteiger partial charge < -0.3 is 25.5 Å². The van der Waals surface area contributed by atoms with Gasteiger partial charge in [-0.1, -0.05) is 18.2 Å². The van der Waals surface area contributed by atoms with Crippen molar-refractivity contribution in [2.75, 3.05) is 29.3 Å². The number of aryl methyl sites for hydroxylation is 1. The van der Waals surface area contributed by atoms with Gasteiger partial charge in [0.1, 0.15) is 18.9 Å². The average molecular weight is 364 g/mol. The third-order valence-electron chi connectivity index (χ3n) is 4.12. The van der Waals surface area contributed by atoms with Crippen molar-refractivity contribution in [3.05, 3.63) is 54.2 Å². The van der Waals surface area contributed by atoms with Gasteiger partial charge in [-0.25, -0.2) is 4.98 Å². The molecule has 27 heavy (non-hydrogen) atoms. The lowest BCUT2D eigenvalue weighted by Crippen LogP contribution is -2.16. The minimum atomic E-state index is 0.437. The van der Waals surface area contributed by atoms with Crippen LogP contribution in [0.1, 0.15) is 5.56 Å². The molecule has 2 aromatic carbocycles. The van der Waals surface area contributed by atoms with Crippen LogP contribution in [0.25, 0.3) is 0 Å². The number of hydrogen-bond donors (Lipinski definition) is 4. The fourth-order valence-corrected chi connectivity index (χ4v) is 2.75. The van der Waals surface area contributed by atoms with E-state index in [1.54, 1.807) is 6.20 Å². The Kier molecular flexibility index (Phi) is 4.63. The van der Waals surface area contributed by atoms with Crippen molar-refractivity contribution in [3.63, 3.8) is 0 Å². The minimum Gasteiger partial charge on any atom is -0.486 e. The first kappa shape index (κ1) is 16.9. The van der Waals surface area contributed by atoms with Gasteiger partial charge in [0.25, 0.3) is 0 Å². The number of nitrogens with two attached hydrogens (primary N) is 1. The number of nitrogen functional groups attached to an aromatic ring is 1. The Morgan fingerprint density at radius 3 is 2.44 bits per heavy atom. The van der Waals surface area contributed by atoms with Crippen LogP contribution >= 0.6 is 0 Å². The number of hydrogen-bond acceptors (Lipinski definition) is 8. The van der Waals surface area contributed by atoms with Crippen molar-refractivity contribution in [1.82, 2.24) is 9.97 Å². The topological polar surface area (TPSA) is 106 Å². The molecule has 2 heterocycles. The molecule has 8 nitrogen and oxygen atoms in total. The van der Waals surface area contributed by atoms with Crippen molar-refractivity contribution in [3.8, 4) is 11.5 Å². The van der Waals surface area contributed by atoms with Crippen LogP contribution in [0.4, 0.5) is 28.8 Å². The lowest BCUT2D eigenvalue weighted by atomic mass is 10.1. The van der Waals surface area contributed by atoms with Gasteiger partial charge in [0.15, 0.2) is 17.3 Å². The Bertz CT molecular complexity index is 948. The number of hydrazine groups is 1. The molecule has 0 radical (unpaired) electrons. The largest absolute Gasteiger partial charge is 0.486 e. The Morgan fingerprint density at radius 2 is 1.70 bits per heavy atom. The second-order valence-corrected chi connectivity index (χ2v) is 6.03. The van der Waals surface area contributed by atoms with Crippen LogP contribution in [0.5, 0.6) is 11.5 Å². The summed E-state index contributed by atoms with van der Waals surface area (Å²) in [5.74, 6) is 8.04. The molecule has 0 saturated heterocycles. The van der Waals surface area contributed by atoms with Crippen LogP contribution in [0.3, 0.4) is 0 Å². The molecule has 0 unspecified atom stereocenters. The summed E-state index contributed by atoms with van der Waals surface area (Å²) in [5.41, 5.74) is 5.94. The van der Waals surface area contributed by atoms with Gasteiger partial charge in [0.05, 0.1) is 6.20 Å². The normalized spacial score (nSPS) is 12.4. The summed E-state index contributed by atoms with van der Waals surface area (Å²) in [7, 11) is 0. The summed E-state index contributed by atoms with van der Waals surface area (Å²) in [6.07, 6.45) is 1.62. The lowest BCUT2D eigenvalue weighted by molar-refractivity contribution is 0.171. The van der Waals surface area contributed by atoms with E-state index in [1.165, 1.54) is 0 Å². The zero-order chi connectivity index (χ0) is 18.6. The predicted octanol–water partition coefficient (Wildman–Crippen LogP) is 3.33. The maximum Gasteiger partial charge on any atom is 0.229 e. The molecular weight excluding hydrogens is 344 g/mol. The molecule has 5 N–H and O–H groups in total. The van der Waals surface area contributed by atoms with Gasteiger partial charge in [-0.05, 0) is 30.7 Å². The molecule has 138 valence electrons. The van der Waals surface area contributed by atoms with Crippen LogP contribution in [0.2, 0.25) is 0 Å². The molecule has 8 heteroatoms. The molecule has 1 aromatic heterocycles. The smallest absolute Gasteiger partial charge is 0.229 e. The summed E-state index contributed by atoms with van der Waals surface area (Å²) in [4.78, 5) is 8.86. The molecule has 3 aromatic rings. The maximum atomic E-state index is 5.65. The molecule has 0 aliphatic carbocycles. The Hall–Kier alpha value is -3.52. The zero-order valence-corrected chi connectivity index (χ0v) is 14.8. The molecule has 1 aliphatic heterocycles. The highest BCUT2D eigenvalue weighted by Crippen LogP contribution is 2.36. The Labute approximate surface area is 156 Å². The highest BCUT2D eigenvalue weighted by Gasteiger charge is 2.15. The summed E-state index contributed by atoms with van der Waals surface area (Å²) < 4.78 is 11.3. The standard InChI is InChI=1S/C19H20N6O2/c1-12-9-16-17(27-8-7-26-16)10-14(12)23-19-21-11-15(25-20)18(24-19)22-13-5-3-2-4-6-13/h2-6,9-11,25H,7-8,20H2,1H3,(H2,21,22,23,24). The summed E-state index contributed by atoms with van der Waals surface area (Å²) in [6.45, 7) is 3.08. The number of aromatic nitrogens is 2. The quantitative estimate of drug-likeness (QED) is 0.403. The van der Waals surface area contributed by atoms with Crippen LogP contribution < -0.4 is 31.4 Å². The van der Waals surface area contributed by atoms with Gasteiger partial charge in [-0.2, -0.15) is 4.98 Å². The van der Waals surface area contributed by atoms with Crippen LogP contribution in [0.15, 0.2) is 48.7 Å². The Balaban J connectivity index is 1.62. The highest BCUT2D eigenvalue weighted by atomic mass is 16.6. The number of nitrogens with zero attached hydrogens (tertiary/aromatic N) is 2. The van der Waals surface area contributed by atoms with Gasteiger partial charge in [0.2, 0.25) is 5.95 Å². The molecular formula is C19H20N6O2. The van der Waals surface area contributed by atoms with E-state index in [9.17, 15) is 0 Å². The third kappa shape index (κ3) is 3.70. The number of anilines is 5. The molecule has 0 atom stereocenters. The fourth-order valence-electron chi connectivity index (χ4n) is 2.75. The number of para-hydroxylation sites is 1. The molecule has 0 bridgehead atoms. The predicted molar refractivity (Wildman–Crippen MR) is 105 cm³/mol. The first-order valence-corrected chi connectivity index (χ1v) is 8.56. The molecule has 0 saturated carbocycles. The van der Waals surface area contributed by atoms with Crippen molar-refractivity contribution in [2.45, 2.75) is 6.92 Å². The lowest BCUT2D eigenvalue weighted by Gasteiger charge is -2.20. The van der Waals surface area contributed by atoms with E-state index in [1.807, 2.05) is 49.4 Å². The summed E-state index contributed by atoms with van der Waals surface area (Å²) in [6, 6.07) is 13.6. The second kappa shape index (κ2) is 7.38. The van der Waals surface area contributed by atoms with E-state index in [0.29, 0.717) is 36.4 Å². The monoisotopic (exact) mass is 364 g/mol. The fraction of sp³-hybridized carbons (Fsp3) is 0.158. The number of rotatable bonds is 5. The third-order valence-corrected chi connectivity index (χ3v) is 4.12. The van der Waals surface area contributed by atoms with Gasteiger partial charge in [0, 0.05) is 17.4 Å². The van der Waals surface area contributed by atoms with Crippen molar-refractivity contribution < 1.29 is 9.47 Å².